The van der Waals surface area contributed by atoms with Crippen molar-refractivity contribution >= 4 is 5.82 Å². The highest BCUT2D eigenvalue weighted by Crippen LogP contribution is 2.06. The molecule has 15 heavy (non-hydrogen) atoms. The third-order valence-corrected chi connectivity index (χ3v) is 2.35. The van der Waals surface area contributed by atoms with Gasteiger partial charge in [0.15, 0.2) is 5.82 Å². The van der Waals surface area contributed by atoms with Crippen molar-refractivity contribution in [2.24, 2.45) is 5.84 Å². The lowest BCUT2D eigenvalue weighted by molar-refractivity contribution is 0.222. The van der Waals surface area contributed by atoms with Crippen molar-refractivity contribution < 1.29 is 0 Å². The lowest BCUT2D eigenvalue weighted by Gasteiger charge is -2.23. The number of hydrogen-bond acceptors (Lipinski definition) is 5. The van der Waals surface area contributed by atoms with Crippen LogP contribution in [0, 0.1) is 0 Å². The van der Waals surface area contributed by atoms with Gasteiger partial charge in [-0.2, -0.15) is 0 Å². The number of hydrogen-bond donors (Lipinski definition) is 2. The number of nitrogen functional groups attached to an aromatic ring is 1. The highest BCUT2D eigenvalue weighted by molar-refractivity contribution is 5.28. The molecule has 0 fully saturated rings. The summed E-state index contributed by atoms with van der Waals surface area (Å²) < 4.78 is 0. The van der Waals surface area contributed by atoms with Gasteiger partial charge < -0.3 is 5.43 Å². The zero-order chi connectivity index (χ0) is 11.3. The fourth-order valence-electron chi connectivity index (χ4n) is 1.38. The van der Waals surface area contributed by atoms with Gasteiger partial charge in [0, 0.05) is 12.6 Å². The van der Waals surface area contributed by atoms with Gasteiger partial charge in [-0.1, -0.05) is 6.92 Å². The van der Waals surface area contributed by atoms with E-state index in [9.17, 15) is 0 Å². The van der Waals surface area contributed by atoms with Gasteiger partial charge in [0.25, 0.3) is 0 Å². The second kappa shape index (κ2) is 5.63. The molecule has 0 bridgehead atoms. The van der Waals surface area contributed by atoms with Crippen LogP contribution in [0.5, 0.6) is 0 Å². The number of anilines is 1. The molecule has 0 unspecified atom stereocenters. The van der Waals surface area contributed by atoms with Crippen LogP contribution in [0.1, 0.15) is 26.5 Å². The van der Waals surface area contributed by atoms with E-state index in [1.807, 2.05) is 0 Å². The first-order valence-corrected chi connectivity index (χ1v) is 5.19. The third kappa shape index (κ3) is 3.45. The molecule has 1 aromatic heterocycles. The molecule has 1 rings (SSSR count). The molecule has 0 spiro atoms. The number of nitrogens with one attached hydrogen (secondary N) is 1. The molecule has 1 heterocycles. The summed E-state index contributed by atoms with van der Waals surface area (Å²) in [5.74, 6) is 5.80. The Morgan fingerprint density at radius 3 is 2.53 bits per heavy atom. The molecule has 5 nitrogen and oxygen atoms in total. The van der Waals surface area contributed by atoms with Crippen LogP contribution in [0.15, 0.2) is 12.4 Å². The largest absolute Gasteiger partial charge is 0.307 e. The molecule has 5 heteroatoms. The number of aromatic nitrogens is 2. The first kappa shape index (κ1) is 11.9. The van der Waals surface area contributed by atoms with Crippen LogP contribution in [0.4, 0.5) is 5.82 Å². The quantitative estimate of drug-likeness (QED) is 0.559. The molecule has 84 valence electrons. The second-order valence-electron chi connectivity index (χ2n) is 3.69. The van der Waals surface area contributed by atoms with Crippen LogP contribution in [0.25, 0.3) is 0 Å². The molecular weight excluding hydrogens is 190 g/mol. The Morgan fingerprint density at radius 1 is 1.40 bits per heavy atom. The van der Waals surface area contributed by atoms with E-state index in [4.69, 9.17) is 5.84 Å². The van der Waals surface area contributed by atoms with Crippen LogP contribution >= 0.6 is 0 Å². The van der Waals surface area contributed by atoms with Gasteiger partial charge >= 0.3 is 0 Å². The van der Waals surface area contributed by atoms with E-state index in [1.54, 1.807) is 12.4 Å². The number of rotatable bonds is 5. The average molecular weight is 209 g/mol. The molecule has 0 radical (unpaired) electrons. The molecule has 0 aliphatic carbocycles. The Labute approximate surface area is 90.7 Å². The average Bonchev–Trinajstić information content (AvgIpc) is 2.26. The highest BCUT2D eigenvalue weighted by Gasteiger charge is 2.08. The zero-order valence-electron chi connectivity index (χ0n) is 9.57. The van der Waals surface area contributed by atoms with Crippen LogP contribution in [-0.4, -0.2) is 27.5 Å². The molecule has 1 aromatic rings. The summed E-state index contributed by atoms with van der Waals surface area (Å²) in [6.45, 7) is 8.32. The van der Waals surface area contributed by atoms with Crippen molar-refractivity contribution in [3.8, 4) is 0 Å². The number of nitrogens with zero attached hydrogens (tertiary/aromatic N) is 3. The summed E-state index contributed by atoms with van der Waals surface area (Å²) in [5.41, 5.74) is 3.42. The lowest BCUT2D eigenvalue weighted by Crippen LogP contribution is -2.30. The molecule has 0 atom stereocenters. The fourth-order valence-corrected chi connectivity index (χ4v) is 1.38. The Kier molecular flexibility index (Phi) is 4.45. The monoisotopic (exact) mass is 209 g/mol. The first-order chi connectivity index (χ1) is 7.17. The van der Waals surface area contributed by atoms with Crippen LogP contribution in [0.2, 0.25) is 0 Å². The zero-order valence-corrected chi connectivity index (χ0v) is 9.57. The van der Waals surface area contributed by atoms with Crippen molar-refractivity contribution in [3.63, 3.8) is 0 Å². The molecule has 0 saturated heterocycles. The molecule has 3 N–H and O–H groups in total. The van der Waals surface area contributed by atoms with Crippen molar-refractivity contribution in [2.45, 2.75) is 33.4 Å². The molecule has 0 aliphatic rings. The molecule has 0 saturated carbocycles. The van der Waals surface area contributed by atoms with Crippen LogP contribution < -0.4 is 11.3 Å². The smallest absolute Gasteiger partial charge is 0.158 e. The minimum Gasteiger partial charge on any atom is -0.307 e. The summed E-state index contributed by atoms with van der Waals surface area (Å²) in [6.07, 6.45) is 3.39. The fraction of sp³-hybridized carbons (Fsp3) is 0.600. The summed E-state index contributed by atoms with van der Waals surface area (Å²) in [4.78, 5) is 10.7. The lowest BCUT2D eigenvalue weighted by atomic mass is 10.3. The first-order valence-electron chi connectivity index (χ1n) is 5.19. The van der Waals surface area contributed by atoms with Gasteiger partial charge in [-0.15, -0.1) is 0 Å². The van der Waals surface area contributed by atoms with E-state index in [-0.39, 0.29) is 0 Å². The summed E-state index contributed by atoms with van der Waals surface area (Å²) in [7, 11) is 0. The standard InChI is InChI=1S/C10H19N5/c1-4-15(8(2)3)7-9-5-13-10(14-11)6-12-9/h5-6,8H,4,7,11H2,1-3H3,(H,13,14). The van der Waals surface area contributed by atoms with Crippen molar-refractivity contribution in [1.82, 2.24) is 14.9 Å². The maximum atomic E-state index is 5.21. The Hall–Kier alpha value is -1.20. The van der Waals surface area contributed by atoms with E-state index >= 15 is 0 Å². The van der Waals surface area contributed by atoms with E-state index in [0.717, 1.165) is 18.8 Å². The van der Waals surface area contributed by atoms with Gasteiger partial charge in [0.1, 0.15) is 0 Å². The van der Waals surface area contributed by atoms with Crippen LogP contribution in [-0.2, 0) is 6.54 Å². The summed E-state index contributed by atoms with van der Waals surface area (Å²) in [6, 6.07) is 0.518. The van der Waals surface area contributed by atoms with Gasteiger partial charge in [0.2, 0.25) is 0 Å². The predicted octanol–water partition coefficient (Wildman–Crippen LogP) is 0.992. The van der Waals surface area contributed by atoms with Crippen molar-refractivity contribution in [2.75, 3.05) is 12.0 Å². The Balaban J connectivity index is 2.63. The van der Waals surface area contributed by atoms with Crippen molar-refractivity contribution in [1.29, 1.82) is 0 Å². The van der Waals surface area contributed by atoms with E-state index in [0.29, 0.717) is 11.9 Å². The van der Waals surface area contributed by atoms with Crippen LogP contribution in [0.3, 0.4) is 0 Å². The van der Waals surface area contributed by atoms with Gasteiger partial charge in [-0.3, -0.25) is 9.88 Å². The predicted molar refractivity (Wildman–Crippen MR) is 61.1 cm³/mol. The molecule has 0 aromatic carbocycles. The van der Waals surface area contributed by atoms with Crippen molar-refractivity contribution in [3.05, 3.63) is 18.1 Å². The number of hydrazine groups is 1. The van der Waals surface area contributed by atoms with Gasteiger partial charge in [-0.25, -0.2) is 10.8 Å². The third-order valence-electron chi connectivity index (χ3n) is 2.35. The minimum absolute atomic E-state index is 0.518. The summed E-state index contributed by atoms with van der Waals surface area (Å²) >= 11 is 0. The number of nitrogens with two attached hydrogens (primary N) is 1. The van der Waals surface area contributed by atoms with E-state index in [1.165, 1.54) is 0 Å². The Morgan fingerprint density at radius 2 is 2.13 bits per heavy atom. The molecule has 0 amide bonds. The molecule has 0 aliphatic heterocycles. The summed E-state index contributed by atoms with van der Waals surface area (Å²) in [5, 5.41) is 0. The SMILES string of the molecule is CCN(Cc1cnc(NN)cn1)C(C)C. The normalized spacial score (nSPS) is 11.1. The maximum absolute atomic E-state index is 5.21. The van der Waals surface area contributed by atoms with E-state index in [2.05, 4.69) is 41.1 Å². The second-order valence-corrected chi connectivity index (χ2v) is 3.69. The van der Waals surface area contributed by atoms with E-state index < -0.39 is 0 Å². The minimum atomic E-state index is 0.518. The highest BCUT2D eigenvalue weighted by atomic mass is 15.3. The van der Waals surface area contributed by atoms with Gasteiger partial charge in [-0.05, 0) is 20.4 Å². The van der Waals surface area contributed by atoms with Gasteiger partial charge in [0.05, 0.1) is 18.1 Å². The Bertz CT molecular complexity index is 282. The topological polar surface area (TPSA) is 67.1 Å². The maximum Gasteiger partial charge on any atom is 0.158 e. The molecular formula is C10H19N5.